The number of amides is 1. The van der Waals surface area contributed by atoms with Crippen molar-refractivity contribution in [1.29, 1.82) is 0 Å². The average Bonchev–Trinajstić information content (AvgIpc) is 3.02. The van der Waals surface area contributed by atoms with Gasteiger partial charge in [-0.05, 0) is 38.8 Å². The fourth-order valence-corrected chi connectivity index (χ4v) is 4.14. The third-order valence-corrected chi connectivity index (χ3v) is 5.53. The zero-order valence-electron chi connectivity index (χ0n) is 15.5. The molecule has 2 fully saturated rings. The molecule has 0 radical (unpaired) electrons. The topological polar surface area (TPSA) is 55.6 Å². The van der Waals surface area contributed by atoms with Crippen molar-refractivity contribution < 1.29 is 13.9 Å². The molecule has 1 saturated carbocycles. The summed E-state index contributed by atoms with van der Waals surface area (Å²) in [5.41, 5.74) is 2.85. The lowest BCUT2D eigenvalue weighted by atomic mass is 9.90. The minimum atomic E-state index is 0.136. The second kappa shape index (κ2) is 7.23. The molecule has 1 amide bonds. The van der Waals surface area contributed by atoms with Crippen molar-refractivity contribution in [2.45, 2.75) is 58.1 Å². The van der Waals surface area contributed by atoms with E-state index in [1.54, 1.807) is 0 Å². The highest BCUT2D eigenvalue weighted by atomic mass is 16.5. The Labute approximate surface area is 154 Å². The summed E-state index contributed by atoms with van der Waals surface area (Å²) in [6, 6.07) is 8.30. The molecule has 0 N–H and O–H groups in total. The van der Waals surface area contributed by atoms with Crippen LogP contribution in [0.25, 0.3) is 11.5 Å². The van der Waals surface area contributed by atoms with Gasteiger partial charge in [0, 0.05) is 12.1 Å². The standard InChI is InChI=1S/C21H26N2O3/c1-14-6-5-7-16(12-14)21-22-17(15(2)26-21)13-20(24)23-10-11-25-19-9-4-3-8-18(19)23/h5-7,12,18-19H,3-4,8-11,13H2,1-2H3. The van der Waals surface area contributed by atoms with Gasteiger partial charge >= 0.3 is 0 Å². The first kappa shape index (κ1) is 17.3. The molecule has 1 aromatic heterocycles. The molecule has 1 saturated heterocycles. The van der Waals surface area contributed by atoms with Crippen molar-refractivity contribution in [2.75, 3.05) is 13.2 Å². The molecule has 26 heavy (non-hydrogen) atoms. The van der Waals surface area contributed by atoms with Gasteiger partial charge in [0.05, 0.1) is 30.9 Å². The van der Waals surface area contributed by atoms with Gasteiger partial charge in [-0.3, -0.25) is 4.79 Å². The zero-order chi connectivity index (χ0) is 18.1. The van der Waals surface area contributed by atoms with E-state index in [0.717, 1.165) is 35.4 Å². The van der Waals surface area contributed by atoms with Crippen molar-refractivity contribution in [2.24, 2.45) is 0 Å². The summed E-state index contributed by atoms with van der Waals surface area (Å²) in [5.74, 6) is 1.45. The van der Waals surface area contributed by atoms with E-state index in [2.05, 4.69) is 4.98 Å². The van der Waals surface area contributed by atoms with Crippen LogP contribution in [0.1, 0.15) is 42.7 Å². The molecule has 1 aliphatic carbocycles. The van der Waals surface area contributed by atoms with E-state index in [0.29, 0.717) is 25.5 Å². The van der Waals surface area contributed by atoms with Gasteiger partial charge in [-0.15, -0.1) is 0 Å². The second-order valence-electron chi connectivity index (χ2n) is 7.42. The first-order chi connectivity index (χ1) is 12.6. The van der Waals surface area contributed by atoms with Crippen LogP contribution in [0.4, 0.5) is 0 Å². The number of aromatic nitrogens is 1. The Hall–Kier alpha value is -2.14. The molecule has 2 aromatic rings. The molecule has 138 valence electrons. The van der Waals surface area contributed by atoms with Gasteiger partial charge in [0.25, 0.3) is 0 Å². The molecule has 1 aliphatic heterocycles. The maximum absolute atomic E-state index is 13.0. The average molecular weight is 354 g/mol. The summed E-state index contributed by atoms with van der Waals surface area (Å²) < 4.78 is 11.7. The van der Waals surface area contributed by atoms with Gasteiger partial charge in [0.15, 0.2) is 0 Å². The van der Waals surface area contributed by atoms with Crippen molar-refractivity contribution in [3.05, 3.63) is 41.3 Å². The largest absolute Gasteiger partial charge is 0.441 e. The minimum absolute atomic E-state index is 0.136. The fourth-order valence-electron chi connectivity index (χ4n) is 4.14. The van der Waals surface area contributed by atoms with Gasteiger partial charge in [0.2, 0.25) is 11.8 Å². The molecular weight excluding hydrogens is 328 g/mol. The number of ether oxygens (including phenoxy) is 1. The van der Waals surface area contributed by atoms with Crippen LogP contribution >= 0.6 is 0 Å². The first-order valence-corrected chi connectivity index (χ1v) is 9.56. The number of rotatable bonds is 3. The molecule has 5 nitrogen and oxygen atoms in total. The van der Waals surface area contributed by atoms with Crippen LogP contribution in [0.15, 0.2) is 28.7 Å². The first-order valence-electron chi connectivity index (χ1n) is 9.56. The van der Waals surface area contributed by atoms with Crippen LogP contribution in [0, 0.1) is 13.8 Å². The maximum Gasteiger partial charge on any atom is 0.229 e. The molecule has 2 atom stereocenters. The van der Waals surface area contributed by atoms with Gasteiger partial charge in [-0.25, -0.2) is 4.98 Å². The molecule has 0 bridgehead atoms. The van der Waals surface area contributed by atoms with E-state index in [-0.39, 0.29) is 18.1 Å². The van der Waals surface area contributed by atoms with Gasteiger partial charge in [-0.1, -0.05) is 30.5 Å². The highest BCUT2D eigenvalue weighted by molar-refractivity contribution is 5.79. The Bertz CT molecular complexity index is 796. The van der Waals surface area contributed by atoms with Gasteiger partial charge < -0.3 is 14.1 Å². The van der Waals surface area contributed by atoms with Crippen molar-refractivity contribution >= 4 is 5.91 Å². The van der Waals surface area contributed by atoms with Crippen LogP contribution < -0.4 is 0 Å². The number of fused-ring (bicyclic) bond motifs is 1. The number of aryl methyl sites for hydroxylation is 2. The normalized spacial score (nSPS) is 22.9. The lowest BCUT2D eigenvalue weighted by molar-refractivity contribution is -0.148. The van der Waals surface area contributed by atoms with E-state index >= 15 is 0 Å². The van der Waals surface area contributed by atoms with Crippen LogP contribution in [0.2, 0.25) is 0 Å². The Morgan fingerprint density at radius 3 is 2.96 bits per heavy atom. The summed E-state index contributed by atoms with van der Waals surface area (Å²) in [4.78, 5) is 19.6. The van der Waals surface area contributed by atoms with E-state index in [1.807, 2.05) is 43.0 Å². The monoisotopic (exact) mass is 354 g/mol. The van der Waals surface area contributed by atoms with Crippen LogP contribution in [-0.4, -0.2) is 41.1 Å². The van der Waals surface area contributed by atoms with Crippen LogP contribution in [-0.2, 0) is 16.0 Å². The van der Waals surface area contributed by atoms with Crippen molar-refractivity contribution in [1.82, 2.24) is 9.88 Å². The molecule has 5 heteroatoms. The second-order valence-corrected chi connectivity index (χ2v) is 7.42. The van der Waals surface area contributed by atoms with E-state index < -0.39 is 0 Å². The summed E-state index contributed by atoms with van der Waals surface area (Å²) in [6.45, 7) is 5.25. The van der Waals surface area contributed by atoms with Crippen LogP contribution in [0.5, 0.6) is 0 Å². The summed E-state index contributed by atoms with van der Waals surface area (Å²) in [6.07, 6.45) is 4.99. The number of morpholine rings is 1. The Kier molecular flexibility index (Phi) is 4.81. The smallest absolute Gasteiger partial charge is 0.229 e. The molecule has 4 rings (SSSR count). The third kappa shape index (κ3) is 3.40. The zero-order valence-corrected chi connectivity index (χ0v) is 15.5. The van der Waals surface area contributed by atoms with Crippen molar-refractivity contribution in [3.8, 4) is 11.5 Å². The van der Waals surface area contributed by atoms with Crippen molar-refractivity contribution in [3.63, 3.8) is 0 Å². The van der Waals surface area contributed by atoms with E-state index in [1.165, 1.54) is 12.8 Å². The molecule has 2 heterocycles. The molecule has 2 aliphatic rings. The molecular formula is C21H26N2O3. The van der Waals surface area contributed by atoms with Gasteiger partial charge in [-0.2, -0.15) is 0 Å². The lowest BCUT2D eigenvalue weighted by Crippen LogP contribution is -2.55. The Morgan fingerprint density at radius 2 is 2.12 bits per heavy atom. The molecule has 0 spiro atoms. The van der Waals surface area contributed by atoms with Crippen LogP contribution in [0.3, 0.4) is 0 Å². The summed E-state index contributed by atoms with van der Waals surface area (Å²) in [7, 11) is 0. The number of nitrogens with zero attached hydrogens (tertiary/aromatic N) is 2. The number of carbonyl (C=O) groups is 1. The maximum atomic E-state index is 13.0. The Balaban J connectivity index is 1.51. The predicted octanol–water partition coefficient (Wildman–Crippen LogP) is 3.67. The Morgan fingerprint density at radius 1 is 1.27 bits per heavy atom. The molecule has 1 aromatic carbocycles. The summed E-state index contributed by atoms with van der Waals surface area (Å²) in [5, 5.41) is 0. The van der Waals surface area contributed by atoms with Gasteiger partial charge in [0.1, 0.15) is 5.76 Å². The third-order valence-electron chi connectivity index (χ3n) is 5.53. The number of hydrogen-bond acceptors (Lipinski definition) is 4. The lowest BCUT2D eigenvalue weighted by Gasteiger charge is -2.43. The SMILES string of the molecule is Cc1cccc(-c2nc(CC(=O)N3CCOC4CCCCC43)c(C)o2)c1. The van der Waals surface area contributed by atoms with E-state index in [4.69, 9.17) is 9.15 Å². The predicted molar refractivity (Wildman–Crippen MR) is 98.8 cm³/mol. The van der Waals surface area contributed by atoms with E-state index in [9.17, 15) is 4.79 Å². The fraction of sp³-hybridized carbons (Fsp3) is 0.524. The number of carbonyl (C=O) groups excluding carboxylic acids is 1. The number of oxazole rings is 1. The number of benzene rings is 1. The number of hydrogen-bond donors (Lipinski definition) is 0. The highest BCUT2D eigenvalue weighted by Gasteiger charge is 2.36. The molecule has 2 unspecified atom stereocenters. The quantitative estimate of drug-likeness (QED) is 0.844. The highest BCUT2D eigenvalue weighted by Crippen LogP contribution is 2.29. The minimum Gasteiger partial charge on any atom is -0.441 e. The summed E-state index contributed by atoms with van der Waals surface area (Å²) >= 11 is 0.